The molecule has 0 saturated carbocycles. The summed E-state index contributed by atoms with van der Waals surface area (Å²) in [7, 11) is -0.749. The molecule has 0 aliphatic carbocycles. The van der Waals surface area contributed by atoms with Gasteiger partial charge >= 0.3 is 0 Å². The van der Waals surface area contributed by atoms with Crippen LogP contribution in [-0.2, 0) is 0 Å². The van der Waals surface area contributed by atoms with Crippen LogP contribution in [0.15, 0.2) is 23.2 Å². The van der Waals surface area contributed by atoms with Gasteiger partial charge in [0.1, 0.15) is 11.4 Å². The van der Waals surface area contributed by atoms with Gasteiger partial charge in [0.2, 0.25) is 0 Å². The molecule has 0 spiro atoms. The van der Waals surface area contributed by atoms with Crippen LogP contribution in [0.25, 0.3) is 0 Å². The standard InChI is InChI=1S/C14H21N2OSi/c1-12-6-7-13(14(10-12)17-18(2)3)15-11-16-8-4-5-9-16/h6-7,10-11H,4-5,8-9H2,1-3H3. The first-order valence-electron chi connectivity index (χ1n) is 6.52. The van der Waals surface area contributed by atoms with Gasteiger partial charge in [-0.15, -0.1) is 0 Å². The lowest BCUT2D eigenvalue weighted by atomic mass is 10.2. The molecule has 1 aliphatic rings. The number of rotatable bonds is 4. The van der Waals surface area contributed by atoms with Gasteiger partial charge in [-0.3, -0.25) is 0 Å². The minimum atomic E-state index is -0.749. The summed E-state index contributed by atoms with van der Waals surface area (Å²) in [6, 6.07) is 6.21. The van der Waals surface area contributed by atoms with E-state index in [0.29, 0.717) is 0 Å². The molecule has 1 heterocycles. The van der Waals surface area contributed by atoms with Gasteiger partial charge in [0.05, 0.1) is 6.34 Å². The monoisotopic (exact) mass is 261 g/mol. The van der Waals surface area contributed by atoms with E-state index in [1.807, 2.05) is 12.4 Å². The molecule has 97 valence electrons. The Bertz CT molecular complexity index is 426. The van der Waals surface area contributed by atoms with E-state index in [1.165, 1.54) is 18.4 Å². The summed E-state index contributed by atoms with van der Waals surface area (Å²) in [6.07, 6.45) is 4.52. The van der Waals surface area contributed by atoms with Gasteiger partial charge in [-0.1, -0.05) is 6.07 Å². The highest BCUT2D eigenvalue weighted by Crippen LogP contribution is 2.29. The number of likely N-dealkylation sites (tertiary alicyclic amines) is 1. The molecular weight excluding hydrogens is 240 g/mol. The lowest BCUT2D eigenvalue weighted by Gasteiger charge is -2.13. The van der Waals surface area contributed by atoms with Crippen LogP contribution in [0.2, 0.25) is 13.1 Å². The first-order chi connectivity index (χ1) is 8.65. The van der Waals surface area contributed by atoms with Crippen LogP contribution in [-0.4, -0.2) is 33.4 Å². The van der Waals surface area contributed by atoms with Gasteiger partial charge in [0, 0.05) is 13.1 Å². The van der Waals surface area contributed by atoms with Crippen molar-refractivity contribution in [2.75, 3.05) is 13.1 Å². The van der Waals surface area contributed by atoms with Crippen molar-refractivity contribution in [3.05, 3.63) is 23.8 Å². The van der Waals surface area contributed by atoms with Crippen LogP contribution in [0.3, 0.4) is 0 Å². The van der Waals surface area contributed by atoms with Gasteiger partial charge in [0.25, 0.3) is 9.04 Å². The molecule has 0 amide bonds. The summed E-state index contributed by atoms with van der Waals surface area (Å²) in [5, 5.41) is 0. The number of hydrogen-bond acceptors (Lipinski definition) is 2. The molecule has 1 aromatic rings. The summed E-state index contributed by atoms with van der Waals surface area (Å²) in [6.45, 7) is 8.62. The maximum atomic E-state index is 5.91. The number of benzene rings is 1. The van der Waals surface area contributed by atoms with E-state index in [4.69, 9.17) is 4.43 Å². The van der Waals surface area contributed by atoms with Gasteiger partial charge in [0.15, 0.2) is 0 Å². The van der Waals surface area contributed by atoms with Crippen LogP contribution in [0.4, 0.5) is 5.69 Å². The molecule has 0 unspecified atom stereocenters. The largest absolute Gasteiger partial charge is 0.541 e. The Kier molecular flexibility index (Phi) is 4.41. The fourth-order valence-electron chi connectivity index (χ4n) is 2.03. The molecular formula is C14H21N2OSi. The summed E-state index contributed by atoms with van der Waals surface area (Å²) in [5.41, 5.74) is 2.16. The van der Waals surface area contributed by atoms with E-state index < -0.39 is 9.04 Å². The normalized spacial score (nSPS) is 15.9. The Balaban J connectivity index is 2.14. The Morgan fingerprint density at radius 2 is 2.00 bits per heavy atom. The van der Waals surface area contributed by atoms with Crippen LogP contribution in [0.1, 0.15) is 18.4 Å². The molecule has 1 fully saturated rings. The maximum Gasteiger partial charge on any atom is 0.274 e. The van der Waals surface area contributed by atoms with Gasteiger partial charge in [-0.2, -0.15) is 0 Å². The molecule has 0 N–H and O–H groups in total. The van der Waals surface area contributed by atoms with Crippen LogP contribution < -0.4 is 4.43 Å². The summed E-state index contributed by atoms with van der Waals surface area (Å²) in [5.74, 6) is 0.921. The second-order valence-corrected chi connectivity index (χ2v) is 6.99. The second kappa shape index (κ2) is 6.04. The number of hydrogen-bond donors (Lipinski definition) is 0. The Morgan fingerprint density at radius 3 is 2.67 bits per heavy atom. The average molecular weight is 261 g/mol. The molecule has 4 heteroatoms. The van der Waals surface area contributed by atoms with Crippen molar-refractivity contribution in [1.82, 2.24) is 4.90 Å². The SMILES string of the molecule is Cc1ccc(N=CN2CCCC2)c(O[Si](C)C)c1. The molecule has 1 aliphatic heterocycles. The fourth-order valence-corrected chi connectivity index (χ4v) is 2.63. The molecule has 1 saturated heterocycles. The van der Waals surface area contributed by atoms with Crippen LogP contribution >= 0.6 is 0 Å². The predicted molar refractivity (Wildman–Crippen MR) is 78.2 cm³/mol. The van der Waals surface area contributed by atoms with Crippen molar-refractivity contribution < 1.29 is 4.43 Å². The molecule has 2 rings (SSSR count). The zero-order valence-corrected chi connectivity index (χ0v) is 12.4. The minimum absolute atomic E-state index is 0.749. The number of aryl methyl sites for hydroxylation is 1. The zero-order valence-electron chi connectivity index (χ0n) is 11.4. The molecule has 0 aromatic heterocycles. The lowest BCUT2D eigenvalue weighted by molar-refractivity contribution is 0.535. The Hall–Kier alpha value is -1.29. The van der Waals surface area contributed by atoms with Crippen molar-refractivity contribution >= 4 is 21.1 Å². The fraction of sp³-hybridized carbons (Fsp3) is 0.500. The van der Waals surface area contributed by atoms with Crippen LogP contribution in [0, 0.1) is 6.92 Å². The Labute approximate surface area is 111 Å². The number of nitrogens with zero attached hydrogens (tertiary/aromatic N) is 2. The highest BCUT2D eigenvalue weighted by atomic mass is 28.3. The highest BCUT2D eigenvalue weighted by Gasteiger charge is 2.09. The van der Waals surface area contributed by atoms with Crippen molar-refractivity contribution in [2.24, 2.45) is 4.99 Å². The van der Waals surface area contributed by atoms with Gasteiger partial charge in [-0.05, 0) is 50.6 Å². The first kappa shape index (κ1) is 13.1. The van der Waals surface area contributed by atoms with E-state index in [0.717, 1.165) is 24.5 Å². The third kappa shape index (κ3) is 3.60. The van der Waals surface area contributed by atoms with Gasteiger partial charge in [-0.25, -0.2) is 4.99 Å². The summed E-state index contributed by atoms with van der Waals surface area (Å²) < 4.78 is 5.91. The third-order valence-electron chi connectivity index (χ3n) is 2.93. The second-order valence-electron chi connectivity index (χ2n) is 4.97. The average Bonchev–Trinajstić information content (AvgIpc) is 2.80. The van der Waals surface area contributed by atoms with Crippen molar-refractivity contribution in [2.45, 2.75) is 32.9 Å². The first-order valence-corrected chi connectivity index (χ1v) is 8.93. The smallest absolute Gasteiger partial charge is 0.274 e. The Morgan fingerprint density at radius 1 is 1.28 bits per heavy atom. The van der Waals surface area contributed by atoms with E-state index >= 15 is 0 Å². The van der Waals surface area contributed by atoms with Gasteiger partial charge < -0.3 is 9.33 Å². The van der Waals surface area contributed by atoms with Crippen molar-refractivity contribution in [3.63, 3.8) is 0 Å². The number of aliphatic imine (C=N–C) groups is 1. The van der Waals surface area contributed by atoms with E-state index in [1.54, 1.807) is 0 Å². The molecule has 0 bridgehead atoms. The van der Waals surface area contributed by atoms with E-state index in [2.05, 4.69) is 42.0 Å². The minimum Gasteiger partial charge on any atom is -0.541 e. The zero-order chi connectivity index (χ0) is 13.0. The van der Waals surface area contributed by atoms with Crippen LogP contribution in [0.5, 0.6) is 5.75 Å². The van der Waals surface area contributed by atoms with Crippen molar-refractivity contribution in [3.8, 4) is 5.75 Å². The topological polar surface area (TPSA) is 24.8 Å². The lowest BCUT2D eigenvalue weighted by Crippen LogP contribution is -2.16. The molecule has 18 heavy (non-hydrogen) atoms. The molecule has 3 nitrogen and oxygen atoms in total. The third-order valence-corrected chi connectivity index (χ3v) is 3.56. The maximum absolute atomic E-state index is 5.91. The molecule has 1 aromatic carbocycles. The predicted octanol–water partition coefficient (Wildman–Crippen LogP) is 3.38. The van der Waals surface area contributed by atoms with E-state index in [9.17, 15) is 0 Å². The highest BCUT2D eigenvalue weighted by molar-refractivity contribution is 6.49. The van der Waals surface area contributed by atoms with Crippen molar-refractivity contribution in [1.29, 1.82) is 0 Å². The molecule has 1 radical (unpaired) electrons. The van der Waals surface area contributed by atoms with E-state index in [-0.39, 0.29) is 0 Å². The summed E-state index contributed by atoms with van der Waals surface area (Å²) >= 11 is 0. The molecule has 0 atom stereocenters. The summed E-state index contributed by atoms with van der Waals surface area (Å²) in [4.78, 5) is 6.85. The quantitative estimate of drug-likeness (QED) is 0.471.